The Morgan fingerprint density at radius 3 is 2.76 bits per heavy atom. The van der Waals surface area contributed by atoms with E-state index < -0.39 is 24.1 Å². The zero-order valence-corrected chi connectivity index (χ0v) is 13.5. The summed E-state index contributed by atoms with van der Waals surface area (Å²) in [6.07, 6.45) is 1.55. The van der Waals surface area contributed by atoms with Gasteiger partial charge in [-0.15, -0.1) is 0 Å². The molecular formula is C19H18N2O4. The van der Waals surface area contributed by atoms with Crippen molar-refractivity contribution in [3.8, 4) is 0 Å². The van der Waals surface area contributed by atoms with E-state index >= 15 is 0 Å². The largest absolute Gasteiger partial charge is 0.447 e. The first-order valence-electron chi connectivity index (χ1n) is 7.89. The van der Waals surface area contributed by atoms with E-state index in [1.54, 1.807) is 18.3 Å². The van der Waals surface area contributed by atoms with Crippen molar-refractivity contribution in [2.75, 3.05) is 6.61 Å². The van der Waals surface area contributed by atoms with Crippen molar-refractivity contribution in [1.82, 2.24) is 9.88 Å². The molecule has 1 aromatic carbocycles. The Bertz CT molecular complexity index is 777. The second kappa shape index (κ2) is 7.27. The molecule has 0 unspecified atom stereocenters. The van der Waals surface area contributed by atoms with Crippen LogP contribution in [0.4, 0.5) is 4.79 Å². The molecule has 2 atom stereocenters. The molecule has 1 aliphatic heterocycles. The van der Waals surface area contributed by atoms with Gasteiger partial charge in [0.2, 0.25) is 0 Å². The van der Waals surface area contributed by atoms with Crippen LogP contribution in [-0.4, -0.2) is 39.6 Å². The molecule has 0 aliphatic carbocycles. The van der Waals surface area contributed by atoms with Gasteiger partial charge in [0.1, 0.15) is 12.7 Å². The Hall–Kier alpha value is -2.99. The molecule has 1 fully saturated rings. The number of carbonyl (C=O) groups excluding carboxylic acids is 2. The summed E-state index contributed by atoms with van der Waals surface area (Å²) in [4.78, 5) is 29.7. The first kappa shape index (κ1) is 16.9. The molecule has 1 saturated heterocycles. The topological polar surface area (TPSA) is 79.7 Å². The van der Waals surface area contributed by atoms with E-state index in [9.17, 15) is 14.7 Å². The summed E-state index contributed by atoms with van der Waals surface area (Å²) in [6, 6.07) is 12.4. The number of rotatable bonds is 5. The molecule has 2 amide bonds. The summed E-state index contributed by atoms with van der Waals surface area (Å²) < 4.78 is 5.04. The van der Waals surface area contributed by atoms with Gasteiger partial charge in [-0.25, -0.2) is 9.69 Å². The average molecular weight is 338 g/mol. The highest BCUT2D eigenvalue weighted by molar-refractivity contribution is 6.03. The Kier molecular flexibility index (Phi) is 4.90. The number of aliphatic hydroxyl groups is 1. The summed E-state index contributed by atoms with van der Waals surface area (Å²) >= 11 is 0. The summed E-state index contributed by atoms with van der Waals surface area (Å²) in [5, 5.41) is 10.3. The molecule has 1 aromatic heterocycles. The number of carbonyl (C=O) groups is 2. The van der Waals surface area contributed by atoms with Gasteiger partial charge in [0.15, 0.2) is 0 Å². The van der Waals surface area contributed by atoms with Gasteiger partial charge in [-0.3, -0.25) is 9.78 Å². The highest BCUT2D eigenvalue weighted by Gasteiger charge is 2.40. The SMILES string of the molecule is C=C(C(=O)N1C(=O)OC[C@@H]1Cc1ccccc1)[C@H](O)c1cccnc1. The van der Waals surface area contributed by atoms with Crippen molar-refractivity contribution < 1.29 is 19.4 Å². The monoisotopic (exact) mass is 338 g/mol. The van der Waals surface area contributed by atoms with Gasteiger partial charge in [0.05, 0.1) is 6.04 Å². The molecule has 1 aliphatic rings. The van der Waals surface area contributed by atoms with Crippen molar-refractivity contribution in [2.45, 2.75) is 18.6 Å². The van der Waals surface area contributed by atoms with E-state index in [0.29, 0.717) is 12.0 Å². The van der Waals surface area contributed by atoms with Crippen LogP contribution in [0.15, 0.2) is 67.0 Å². The zero-order valence-electron chi connectivity index (χ0n) is 13.5. The quantitative estimate of drug-likeness (QED) is 0.846. The van der Waals surface area contributed by atoms with Crippen LogP contribution in [0, 0.1) is 0 Å². The number of amides is 2. The van der Waals surface area contributed by atoms with E-state index in [1.807, 2.05) is 30.3 Å². The van der Waals surface area contributed by atoms with Crippen LogP contribution < -0.4 is 0 Å². The molecule has 1 N–H and O–H groups in total. The number of ether oxygens (including phenoxy) is 1. The number of pyridine rings is 1. The van der Waals surface area contributed by atoms with E-state index in [0.717, 1.165) is 10.5 Å². The molecular weight excluding hydrogens is 320 g/mol. The van der Waals surface area contributed by atoms with Crippen LogP contribution in [-0.2, 0) is 16.0 Å². The molecule has 25 heavy (non-hydrogen) atoms. The lowest BCUT2D eigenvalue weighted by Gasteiger charge is -2.22. The number of hydrogen-bond acceptors (Lipinski definition) is 5. The fourth-order valence-electron chi connectivity index (χ4n) is 2.76. The Morgan fingerprint density at radius 1 is 1.32 bits per heavy atom. The maximum absolute atomic E-state index is 12.7. The summed E-state index contributed by atoms with van der Waals surface area (Å²) in [5.41, 5.74) is 1.33. The van der Waals surface area contributed by atoms with Gasteiger partial charge in [0.25, 0.3) is 5.91 Å². The fourth-order valence-corrected chi connectivity index (χ4v) is 2.76. The Labute approximate surface area is 145 Å². The van der Waals surface area contributed by atoms with Gasteiger partial charge >= 0.3 is 6.09 Å². The number of imide groups is 1. The van der Waals surface area contributed by atoms with Gasteiger partial charge in [-0.2, -0.15) is 0 Å². The lowest BCUT2D eigenvalue weighted by Crippen LogP contribution is -2.41. The third-order valence-corrected chi connectivity index (χ3v) is 4.10. The first-order chi connectivity index (χ1) is 12.1. The van der Waals surface area contributed by atoms with Crippen molar-refractivity contribution >= 4 is 12.0 Å². The van der Waals surface area contributed by atoms with E-state index in [2.05, 4.69) is 11.6 Å². The van der Waals surface area contributed by atoms with Crippen LogP contribution in [0.1, 0.15) is 17.2 Å². The van der Waals surface area contributed by atoms with Crippen LogP contribution >= 0.6 is 0 Å². The van der Waals surface area contributed by atoms with E-state index in [-0.39, 0.29) is 12.2 Å². The molecule has 2 aromatic rings. The maximum Gasteiger partial charge on any atom is 0.417 e. The van der Waals surface area contributed by atoms with Gasteiger partial charge < -0.3 is 9.84 Å². The standard InChI is InChI=1S/C19H18N2O4/c1-13(17(22)15-8-5-9-20-11-15)18(23)21-16(12-25-19(21)24)10-14-6-3-2-4-7-14/h2-9,11,16-17,22H,1,10,12H2/t16-,17-/m0/s1. The Balaban J connectivity index is 1.76. The highest BCUT2D eigenvalue weighted by atomic mass is 16.6. The summed E-state index contributed by atoms with van der Waals surface area (Å²) in [5.74, 6) is -0.639. The molecule has 0 spiro atoms. The van der Waals surface area contributed by atoms with Gasteiger partial charge in [-0.05, 0) is 18.1 Å². The zero-order chi connectivity index (χ0) is 17.8. The maximum atomic E-state index is 12.7. The van der Waals surface area contributed by atoms with E-state index in [4.69, 9.17) is 4.74 Å². The van der Waals surface area contributed by atoms with Gasteiger partial charge in [0, 0.05) is 23.5 Å². The second-order valence-corrected chi connectivity index (χ2v) is 5.81. The summed E-state index contributed by atoms with van der Waals surface area (Å²) in [7, 11) is 0. The van der Waals surface area contributed by atoms with Crippen LogP contribution in [0.25, 0.3) is 0 Å². The number of aliphatic hydroxyl groups excluding tert-OH is 1. The van der Waals surface area contributed by atoms with Crippen LogP contribution in [0.3, 0.4) is 0 Å². The highest BCUT2D eigenvalue weighted by Crippen LogP contribution is 2.25. The molecule has 0 bridgehead atoms. The second-order valence-electron chi connectivity index (χ2n) is 5.81. The van der Waals surface area contributed by atoms with Crippen molar-refractivity contribution in [2.24, 2.45) is 0 Å². The predicted octanol–water partition coefficient (Wildman–Crippen LogP) is 2.26. The Morgan fingerprint density at radius 2 is 2.08 bits per heavy atom. The molecule has 6 nitrogen and oxygen atoms in total. The minimum Gasteiger partial charge on any atom is -0.447 e. The van der Waals surface area contributed by atoms with E-state index in [1.165, 1.54) is 6.20 Å². The third-order valence-electron chi connectivity index (χ3n) is 4.10. The first-order valence-corrected chi connectivity index (χ1v) is 7.89. The lowest BCUT2D eigenvalue weighted by atomic mass is 10.0. The molecule has 128 valence electrons. The van der Waals surface area contributed by atoms with Gasteiger partial charge in [-0.1, -0.05) is 43.0 Å². The van der Waals surface area contributed by atoms with Crippen LogP contribution in [0.2, 0.25) is 0 Å². The number of aromatic nitrogens is 1. The molecule has 0 saturated carbocycles. The molecule has 3 rings (SSSR count). The lowest BCUT2D eigenvalue weighted by molar-refractivity contribution is -0.126. The van der Waals surface area contributed by atoms with Crippen molar-refractivity contribution in [3.05, 3.63) is 78.1 Å². The molecule has 0 radical (unpaired) electrons. The minimum absolute atomic E-state index is 0.0927. The van der Waals surface area contributed by atoms with Crippen molar-refractivity contribution in [3.63, 3.8) is 0 Å². The fraction of sp³-hybridized carbons (Fsp3) is 0.211. The number of cyclic esters (lactones) is 1. The van der Waals surface area contributed by atoms with Crippen molar-refractivity contribution in [1.29, 1.82) is 0 Å². The molecule has 2 heterocycles. The predicted molar refractivity (Wildman–Crippen MR) is 90.5 cm³/mol. The average Bonchev–Trinajstić information content (AvgIpc) is 3.01. The number of nitrogens with zero attached hydrogens (tertiary/aromatic N) is 2. The summed E-state index contributed by atoms with van der Waals surface area (Å²) in [6.45, 7) is 3.80. The smallest absolute Gasteiger partial charge is 0.417 e. The normalized spacial score (nSPS) is 17.9. The van der Waals surface area contributed by atoms with Crippen LogP contribution in [0.5, 0.6) is 0 Å². The molecule has 6 heteroatoms. The number of benzene rings is 1. The third kappa shape index (κ3) is 3.59. The minimum atomic E-state index is -1.23. The number of hydrogen-bond donors (Lipinski definition) is 1.